The van der Waals surface area contributed by atoms with Crippen molar-refractivity contribution < 1.29 is 9.15 Å². The Morgan fingerprint density at radius 2 is 1.89 bits per heavy atom. The maximum absolute atomic E-state index is 12.0. The first kappa shape index (κ1) is 11.3. The molecule has 1 heterocycles. The molecule has 0 bridgehead atoms. The van der Waals surface area contributed by atoms with Gasteiger partial charge in [-0.05, 0) is 55.9 Å². The molecule has 0 fully saturated rings. The minimum atomic E-state index is -0.176. The van der Waals surface area contributed by atoms with Gasteiger partial charge in [0, 0.05) is 5.56 Å². The topological polar surface area (TPSA) is 39.4 Å². The summed E-state index contributed by atoms with van der Waals surface area (Å²) in [5.41, 5.74) is 3.49. The fraction of sp³-hybridized carbons (Fsp3) is 0.400. The number of benzene rings is 1. The largest absolute Gasteiger partial charge is 0.496 e. The number of methoxy groups -OCH3 is 1. The maximum atomic E-state index is 12.0. The van der Waals surface area contributed by atoms with Crippen molar-refractivity contribution in [2.75, 3.05) is 7.11 Å². The lowest BCUT2D eigenvalue weighted by molar-refractivity contribution is 0.417. The molecule has 0 unspecified atom stereocenters. The van der Waals surface area contributed by atoms with Gasteiger partial charge >= 0.3 is 5.63 Å². The molecular weight excluding hydrogens is 228 g/mol. The van der Waals surface area contributed by atoms with E-state index < -0.39 is 0 Å². The van der Waals surface area contributed by atoms with Crippen LogP contribution in [0.25, 0.3) is 11.0 Å². The molecule has 94 valence electrons. The van der Waals surface area contributed by atoms with Crippen LogP contribution in [-0.2, 0) is 12.8 Å². The van der Waals surface area contributed by atoms with Crippen LogP contribution in [0.15, 0.2) is 21.3 Å². The standard InChI is InChI=1S/C15H16O3/c1-9-7-12(17-2)14-10-5-3-4-6-11(10)15(16)18-13(14)8-9/h7-8H,3-6H2,1-2H3. The van der Waals surface area contributed by atoms with E-state index in [-0.39, 0.29) is 5.63 Å². The minimum absolute atomic E-state index is 0.176. The summed E-state index contributed by atoms with van der Waals surface area (Å²) < 4.78 is 10.9. The first-order chi connectivity index (χ1) is 8.70. The Kier molecular flexibility index (Phi) is 2.62. The van der Waals surface area contributed by atoms with E-state index >= 15 is 0 Å². The van der Waals surface area contributed by atoms with Crippen molar-refractivity contribution in [1.82, 2.24) is 0 Å². The van der Waals surface area contributed by atoms with Crippen molar-refractivity contribution in [1.29, 1.82) is 0 Å². The molecule has 3 rings (SSSR count). The first-order valence-electron chi connectivity index (χ1n) is 6.34. The fourth-order valence-electron chi connectivity index (χ4n) is 2.83. The Bertz CT molecular complexity index is 667. The molecule has 2 aromatic rings. The SMILES string of the molecule is COc1cc(C)cc2oc(=O)c3c(c12)CCCC3. The van der Waals surface area contributed by atoms with E-state index in [0.29, 0.717) is 5.58 Å². The van der Waals surface area contributed by atoms with Gasteiger partial charge in [-0.3, -0.25) is 0 Å². The molecule has 0 amide bonds. The van der Waals surface area contributed by atoms with Gasteiger partial charge in [0.1, 0.15) is 11.3 Å². The molecule has 0 spiro atoms. The van der Waals surface area contributed by atoms with Gasteiger partial charge in [-0.25, -0.2) is 4.79 Å². The number of fused-ring (bicyclic) bond motifs is 3. The summed E-state index contributed by atoms with van der Waals surface area (Å²) in [6, 6.07) is 3.91. The van der Waals surface area contributed by atoms with Crippen LogP contribution in [0.5, 0.6) is 5.75 Å². The van der Waals surface area contributed by atoms with Crippen molar-refractivity contribution in [3.63, 3.8) is 0 Å². The van der Waals surface area contributed by atoms with Crippen LogP contribution in [0, 0.1) is 6.92 Å². The van der Waals surface area contributed by atoms with Gasteiger partial charge in [0.25, 0.3) is 0 Å². The maximum Gasteiger partial charge on any atom is 0.339 e. The van der Waals surface area contributed by atoms with Crippen LogP contribution in [0.2, 0.25) is 0 Å². The third-order valence-electron chi connectivity index (χ3n) is 3.65. The van der Waals surface area contributed by atoms with Crippen molar-refractivity contribution in [3.05, 3.63) is 39.2 Å². The summed E-state index contributed by atoms with van der Waals surface area (Å²) in [5, 5.41) is 0.984. The van der Waals surface area contributed by atoms with Gasteiger partial charge < -0.3 is 9.15 Å². The van der Waals surface area contributed by atoms with Crippen LogP contribution in [0.1, 0.15) is 29.5 Å². The predicted octanol–water partition coefficient (Wildman–Crippen LogP) is 2.99. The van der Waals surface area contributed by atoms with Gasteiger partial charge in [-0.2, -0.15) is 0 Å². The second-order valence-electron chi connectivity index (χ2n) is 4.89. The van der Waals surface area contributed by atoms with E-state index in [0.717, 1.165) is 53.5 Å². The third-order valence-corrected chi connectivity index (χ3v) is 3.65. The minimum Gasteiger partial charge on any atom is -0.496 e. The van der Waals surface area contributed by atoms with Crippen molar-refractivity contribution in [3.8, 4) is 5.75 Å². The van der Waals surface area contributed by atoms with Crippen LogP contribution < -0.4 is 10.4 Å². The number of rotatable bonds is 1. The van der Waals surface area contributed by atoms with Gasteiger partial charge in [0.2, 0.25) is 0 Å². The van der Waals surface area contributed by atoms with Crippen LogP contribution >= 0.6 is 0 Å². The monoisotopic (exact) mass is 244 g/mol. The van der Waals surface area contributed by atoms with Crippen LogP contribution in [0.4, 0.5) is 0 Å². The highest BCUT2D eigenvalue weighted by molar-refractivity contribution is 5.88. The molecule has 18 heavy (non-hydrogen) atoms. The molecule has 3 nitrogen and oxygen atoms in total. The van der Waals surface area contributed by atoms with E-state index in [1.807, 2.05) is 19.1 Å². The first-order valence-corrected chi connectivity index (χ1v) is 6.34. The zero-order valence-corrected chi connectivity index (χ0v) is 10.7. The number of ether oxygens (including phenoxy) is 1. The summed E-state index contributed by atoms with van der Waals surface area (Å²) >= 11 is 0. The summed E-state index contributed by atoms with van der Waals surface area (Å²) in [6.45, 7) is 1.97. The predicted molar refractivity (Wildman–Crippen MR) is 70.4 cm³/mol. The highest BCUT2D eigenvalue weighted by atomic mass is 16.5. The molecule has 0 aliphatic heterocycles. The smallest absolute Gasteiger partial charge is 0.339 e. The van der Waals surface area contributed by atoms with E-state index in [4.69, 9.17) is 9.15 Å². The number of aryl methyl sites for hydroxylation is 2. The van der Waals surface area contributed by atoms with Crippen molar-refractivity contribution in [2.24, 2.45) is 0 Å². The zero-order chi connectivity index (χ0) is 12.7. The Balaban J connectivity index is 2.45. The Labute approximate surface area is 105 Å². The fourth-order valence-corrected chi connectivity index (χ4v) is 2.83. The zero-order valence-electron chi connectivity index (χ0n) is 10.7. The van der Waals surface area contributed by atoms with E-state index in [1.165, 1.54) is 0 Å². The average Bonchev–Trinajstić information content (AvgIpc) is 2.37. The molecule has 1 aromatic heterocycles. The molecule has 0 N–H and O–H groups in total. The molecule has 0 radical (unpaired) electrons. The molecule has 1 aliphatic rings. The van der Waals surface area contributed by atoms with Gasteiger partial charge in [-0.15, -0.1) is 0 Å². The van der Waals surface area contributed by atoms with E-state index in [9.17, 15) is 4.79 Å². The molecule has 3 heteroatoms. The Morgan fingerprint density at radius 3 is 2.61 bits per heavy atom. The summed E-state index contributed by atoms with van der Waals surface area (Å²) in [7, 11) is 1.66. The normalized spacial score (nSPS) is 14.6. The molecule has 0 saturated carbocycles. The molecule has 1 aliphatic carbocycles. The summed E-state index contributed by atoms with van der Waals surface area (Å²) in [5.74, 6) is 0.812. The lowest BCUT2D eigenvalue weighted by Gasteiger charge is -2.18. The lowest BCUT2D eigenvalue weighted by atomic mass is 9.90. The van der Waals surface area contributed by atoms with E-state index in [1.54, 1.807) is 7.11 Å². The lowest BCUT2D eigenvalue weighted by Crippen LogP contribution is -2.16. The van der Waals surface area contributed by atoms with Crippen molar-refractivity contribution in [2.45, 2.75) is 32.6 Å². The van der Waals surface area contributed by atoms with Crippen LogP contribution in [0.3, 0.4) is 0 Å². The summed E-state index contributed by atoms with van der Waals surface area (Å²) in [6.07, 6.45) is 3.96. The van der Waals surface area contributed by atoms with Crippen molar-refractivity contribution >= 4 is 11.0 Å². The third kappa shape index (κ3) is 1.62. The quantitative estimate of drug-likeness (QED) is 0.724. The van der Waals surface area contributed by atoms with Gasteiger partial charge in [-0.1, -0.05) is 0 Å². The Morgan fingerprint density at radius 1 is 1.17 bits per heavy atom. The molecular formula is C15H16O3. The average molecular weight is 244 g/mol. The van der Waals surface area contributed by atoms with Crippen LogP contribution in [-0.4, -0.2) is 7.11 Å². The highest BCUT2D eigenvalue weighted by Crippen LogP contribution is 2.34. The van der Waals surface area contributed by atoms with E-state index in [2.05, 4.69) is 0 Å². The summed E-state index contributed by atoms with van der Waals surface area (Å²) in [4.78, 5) is 12.0. The number of hydrogen-bond donors (Lipinski definition) is 0. The highest BCUT2D eigenvalue weighted by Gasteiger charge is 2.20. The second-order valence-corrected chi connectivity index (χ2v) is 4.89. The second kappa shape index (κ2) is 4.16. The van der Waals surface area contributed by atoms with Gasteiger partial charge in [0.05, 0.1) is 12.5 Å². The molecule has 1 aromatic carbocycles. The van der Waals surface area contributed by atoms with Gasteiger partial charge in [0.15, 0.2) is 0 Å². The number of hydrogen-bond acceptors (Lipinski definition) is 3. The molecule has 0 atom stereocenters. The Hall–Kier alpha value is -1.77. The molecule has 0 saturated heterocycles.